The lowest BCUT2D eigenvalue weighted by Gasteiger charge is -2.40. The van der Waals surface area contributed by atoms with Gasteiger partial charge in [0.2, 0.25) is 35.4 Å². The maximum Gasteiger partial charge on any atom is 0.426 e. The molecule has 1 aromatic carbocycles. The molecule has 1 aliphatic heterocycles. The van der Waals surface area contributed by atoms with Crippen LogP contribution in [0.25, 0.3) is 0 Å². The summed E-state index contributed by atoms with van der Waals surface area (Å²) in [5, 5.41) is 26.1. The van der Waals surface area contributed by atoms with Crippen LogP contribution in [-0.4, -0.2) is 191 Å². The molecule has 4 rings (SSSR count). The average molecular weight is 1160 g/mol. The smallest absolute Gasteiger partial charge is 0.426 e. The lowest BCUT2D eigenvalue weighted by molar-refractivity contribution is -0.143. The molecule has 454 valence electrons. The van der Waals surface area contributed by atoms with E-state index in [1.807, 2.05) is 39.6 Å². The quantitative estimate of drug-likeness (QED) is 0.0352. The van der Waals surface area contributed by atoms with Crippen LogP contribution in [0.2, 0.25) is 0 Å². The second-order valence-electron chi connectivity index (χ2n) is 20.6. The second-order valence-corrected chi connectivity index (χ2v) is 21.5. The molecule has 1 aromatic heterocycles. The van der Waals surface area contributed by atoms with Crippen LogP contribution in [0, 0.1) is 11.8 Å². The standard InChI is InChI=1S/C55H89N11O14S/c1-8-17-66(54(74)49(36(6)10-3)62-52(73)43-13-11-12-18-65(43)7)44(35(4)5)30-45(79-19-9-2)53-61-42(34-81-53)51(72)60-38-27-37-14-15-39(67)29-40(37)41(28-38)50(71)63-64-55(75)80-26-25-78-24-23-77-22-21-76-20-16-57-47(69)32-59-48(70)33-58-46(68)31-56/h14-15,29,34-36,38,41,43-45,49,67H,8-13,16-28,30-33,56H2,1-7H3,(H,57,69)(H,58,68)(H,59,70)(H,60,72)(H,62,73)(H,63,71)(H,64,75)/t36-,38-,41+,43+,44+,45+,49-/m0/s1. The number of nitrogens with zero attached hydrogens (tertiary/aromatic N) is 3. The summed E-state index contributed by atoms with van der Waals surface area (Å²) in [5.74, 6) is -3.72. The molecule has 0 spiro atoms. The van der Waals surface area contributed by atoms with Crippen molar-refractivity contribution in [2.75, 3.05) is 99.2 Å². The number of likely N-dealkylation sites (N-methyl/N-ethyl adjacent to an activating group) is 1. The van der Waals surface area contributed by atoms with Gasteiger partial charge in [-0.15, -0.1) is 11.3 Å². The number of hydrazine groups is 1. The lowest BCUT2D eigenvalue weighted by atomic mass is 9.79. The zero-order valence-corrected chi connectivity index (χ0v) is 49.1. The minimum Gasteiger partial charge on any atom is -0.508 e. The summed E-state index contributed by atoms with van der Waals surface area (Å²) in [7, 11) is 1.96. The van der Waals surface area contributed by atoms with Crippen molar-refractivity contribution >= 4 is 58.8 Å². The van der Waals surface area contributed by atoms with Gasteiger partial charge in [-0.25, -0.2) is 15.2 Å². The fourth-order valence-corrected chi connectivity index (χ4v) is 10.3. The molecule has 7 atom stereocenters. The zero-order valence-electron chi connectivity index (χ0n) is 48.3. The fourth-order valence-electron chi connectivity index (χ4n) is 9.48. The minimum absolute atomic E-state index is 0.0139. The third kappa shape index (κ3) is 23.0. The van der Waals surface area contributed by atoms with Crippen molar-refractivity contribution in [1.82, 2.24) is 52.2 Å². The highest BCUT2D eigenvalue weighted by Crippen LogP contribution is 2.35. The number of hydrogen-bond acceptors (Lipinski definition) is 18. The van der Waals surface area contributed by atoms with Gasteiger partial charge in [0.1, 0.15) is 35.2 Å². The SMILES string of the molecule is CCCO[C@H](C[C@H](C(C)C)N(CCC)C(=O)[C@@H](NC(=O)[C@H]1CCCCN1C)[C@@H](C)CC)c1nc(C(=O)N[C@H]2Cc3ccc(O)cc3[C@H](C(=O)NNC(=O)OCCOCCOCCOCCNC(=O)CNC(=O)CNC(=O)CN)C2)cs1. The molecule has 2 aromatic rings. The topological polar surface area (TPSA) is 333 Å². The third-order valence-corrected chi connectivity index (χ3v) is 15.0. The number of hydrogen-bond donors (Lipinski definition) is 9. The van der Waals surface area contributed by atoms with Crippen molar-refractivity contribution in [1.29, 1.82) is 0 Å². The van der Waals surface area contributed by atoms with Gasteiger partial charge in [-0.3, -0.25) is 43.9 Å². The van der Waals surface area contributed by atoms with Gasteiger partial charge in [0.05, 0.1) is 71.2 Å². The van der Waals surface area contributed by atoms with Crippen LogP contribution in [0.1, 0.15) is 132 Å². The molecule has 26 heteroatoms. The summed E-state index contributed by atoms with van der Waals surface area (Å²) in [6, 6.07) is 2.92. The molecule has 1 saturated heterocycles. The van der Waals surface area contributed by atoms with E-state index < -0.39 is 59.7 Å². The highest BCUT2D eigenvalue weighted by Gasteiger charge is 2.39. The van der Waals surface area contributed by atoms with Crippen molar-refractivity contribution < 1.29 is 67.1 Å². The Morgan fingerprint density at radius 1 is 0.840 bits per heavy atom. The summed E-state index contributed by atoms with van der Waals surface area (Å²) in [6.45, 7) is 14.5. The average Bonchev–Trinajstić information content (AvgIpc) is 3.98. The molecule has 0 saturated carbocycles. The molecule has 8 amide bonds. The number of carbonyl (C=O) groups excluding carboxylic acids is 8. The van der Waals surface area contributed by atoms with Gasteiger partial charge < -0.3 is 66.0 Å². The maximum absolute atomic E-state index is 14.8. The molecule has 25 nitrogen and oxygen atoms in total. The summed E-state index contributed by atoms with van der Waals surface area (Å²) in [5.41, 5.74) is 11.3. The number of benzene rings is 1. The van der Waals surface area contributed by atoms with Crippen LogP contribution in [0.5, 0.6) is 5.75 Å². The van der Waals surface area contributed by atoms with Gasteiger partial charge in [0.15, 0.2) is 0 Å². The second kappa shape index (κ2) is 36.4. The number of amides is 8. The molecular weight excluding hydrogens is 1070 g/mol. The van der Waals surface area contributed by atoms with Gasteiger partial charge in [-0.1, -0.05) is 60.5 Å². The Morgan fingerprint density at radius 3 is 2.17 bits per heavy atom. The third-order valence-electron chi connectivity index (χ3n) is 14.1. The molecule has 1 aliphatic carbocycles. The first-order valence-electron chi connectivity index (χ1n) is 28.4. The molecule has 2 aliphatic rings. The summed E-state index contributed by atoms with van der Waals surface area (Å²) >= 11 is 1.30. The van der Waals surface area contributed by atoms with E-state index in [0.29, 0.717) is 49.4 Å². The molecule has 2 heterocycles. The van der Waals surface area contributed by atoms with Crippen molar-refractivity contribution in [3.05, 3.63) is 45.4 Å². The Balaban J connectivity index is 1.25. The number of aromatic hydroxyl groups is 1. The Labute approximate surface area is 479 Å². The van der Waals surface area contributed by atoms with Crippen molar-refractivity contribution in [2.24, 2.45) is 17.6 Å². The Morgan fingerprint density at radius 2 is 1.52 bits per heavy atom. The van der Waals surface area contributed by atoms with Crippen molar-refractivity contribution in [2.45, 2.75) is 136 Å². The largest absolute Gasteiger partial charge is 0.508 e. The highest BCUT2D eigenvalue weighted by molar-refractivity contribution is 7.09. The Bertz CT molecular complexity index is 2330. The number of piperidine rings is 1. The minimum atomic E-state index is -0.932. The number of ether oxygens (including phenoxy) is 5. The summed E-state index contributed by atoms with van der Waals surface area (Å²) < 4.78 is 27.9. The van der Waals surface area contributed by atoms with Gasteiger partial charge in [-0.2, -0.15) is 0 Å². The maximum atomic E-state index is 14.8. The summed E-state index contributed by atoms with van der Waals surface area (Å²) in [6.07, 6.45) is 4.35. The number of thiazole rings is 1. The number of likely N-dealkylation sites (tertiary alicyclic amines) is 1. The molecule has 0 radical (unpaired) electrons. The molecule has 10 N–H and O–H groups in total. The number of phenolic OH excluding ortho intramolecular Hbond substituents is 1. The monoisotopic (exact) mass is 1160 g/mol. The van der Waals surface area contributed by atoms with Crippen molar-refractivity contribution in [3.8, 4) is 5.75 Å². The Hall–Kier alpha value is -6.03. The van der Waals surface area contributed by atoms with E-state index in [9.17, 15) is 43.5 Å². The van der Waals surface area contributed by atoms with Crippen LogP contribution < -0.4 is 43.2 Å². The van der Waals surface area contributed by atoms with Gasteiger partial charge in [-0.05, 0) is 87.2 Å². The number of carbonyl (C=O) groups is 8. The van der Waals surface area contributed by atoms with E-state index >= 15 is 0 Å². The van der Waals surface area contributed by atoms with Gasteiger partial charge in [0, 0.05) is 43.6 Å². The van der Waals surface area contributed by atoms with Gasteiger partial charge >= 0.3 is 6.09 Å². The number of phenols is 1. The number of nitrogens with one attached hydrogen (secondary N) is 7. The van der Waals surface area contributed by atoms with Crippen LogP contribution >= 0.6 is 11.3 Å². The zero-order chi connectivity index (χ0) is 59.3. The molecular formula is C55H89N11O14S. The van der Waals surface area contributed by atoms with E-state index in [1.54, 1.807) is 11.4 Å². The van der Waals surface area contributed by atoms with Crippen LogP contribution in [-0.2, 0) is 58.9 Å². The fraction of sp³-hybridized carbons (Fsp3) is 0.691. The molecule has 0 bridgehead atoms. The van der Waals surface area contributed by atoms with Crippen LogP contribution in [0.3, 0.4) is 0 Å². The number of rotatable bonds is 35. The first kappa shape index (κ1) is 67.5. The lowest BCUT2D eigenvalue weighted by Crippen LogP contribution is -2.58. The van der Waals surface area contributed by atoms with E-state index in [4.69, 9.17) is 34.4 Å². The number of fused-ring (bicyclic) bond motifs is 1. The normalized spacial score (nSPS) is 17.6. The van der Waals surface area contributed by atoms with Crippen LogP contribution in [0.15, 0.2) is 23.6 Å². The predicted molar refractivity (Wildman–Crippen MR) is 302 cm³/mol. The van der Waals surface area contributed by atoms with Crippen molar-refractivity contribution in [3.63, 3.8) is 0 Å². The van der Waals surface area contributed by atoms with E-state index in [0.717, 1.165) is 37.8 Å². The molecule has 81 heavy (non-hydrogen) atoms. The first-order valence-corrected chi connectivity index (χ1v) is 29.3. The predicted octanol–water partition coefficient (Wildman–Crippen LogP) is 1.93. The van der Waals surface area contributed by atoms with Crippen LogP contribution in [0.4, 0.5) is 4.79 Å². The molecule has 1 fully saturated rings. The van der Waals surface area contributed by atoms with E-state index in [1.165, 1.54) is 23.5 Å². The number of nitrogens with two attached hydrogens (primary N) is 1. The molecule has 0 unspecified atom stereocenters. The summed E-state index contributed by atoms with van der Waals surface area (Å²) in [4.78, 5) is 112. The van der Waals surface area contributed by atoms with E-state index in [-0.39, 0.29) is 126 Å². The highest BCUT2D eigenvalue weighted by atomic mass is 32.1. The van der Waals surface area contributed by atoms with Gasteiger partial charge in [0.25, 0.3) is 5.91 Å². The first-order chi connectivity index (χ1) is 38.9. The Kier molecular flexibility index (Phi) is 30.4. The van der Waals surface area contributed by atoms with E-state index in [2.05, 4.69) is 56.2 Å². The number of aromatic nitrogens is 1.